The molecule has 3 aliphatic rings. The summed E-state index contributed by atoms with van der Waals surface area (Å²) in [6.07, 6.45) is 3.05. The van der Waals surface area contributed by atoms with Gasteiger partial charge in [-0.15, -0.1) is 0 Å². The molecule has 0 radical (unpaired) electrons. The molecule has 0 saturated carbocycles. The van der Waals surface area contributed by atoms with Gasteiger partial charge in [0.15, 0.2) is 0 Å². The van der Waals surface area contributed by atoms with E-state index >= 15 is 0 Å². The third-order valence-corrected chi connectivity index (χ3v) is 8.48. The van der Waals surface area contributed by atoms with Crippen LogP contribution < -0.4 is 5.32 Å². The van der Waals surface area contributed by atoms with E-state index in [2.05, 4.69) is 21.2 Å². The summed E-state index contributed by atoms with van der Waals surface area (Å²) >= 11 is 3.66. The van der Waals surface area contributed by atoms with Crippen molar-refractivity contribution in [3.05, 3.63) is 29.3 Å². The number of alkyl halides is 1. The van der Waals surface area contributed by atoms with E-state index < -0.39 is 35.6 Å². The highest BCUT2D eigenvalue weighted by Crippen LogP contribution is 2.60. The van der Waals surface area contributed by atoms with Gasteiger partial charge >= 0.3 is 5.97 Å². The smallest absolute Gasteiger partial charge is 0.312 e. The number of anilines is 1. The number of benzene rings is 1. The van der Waals surface area contributed by atoms with E-state index in [9.17, 15) is 14.4 Å². The number of rotatable bonds is 10. The molecule has 6 atom stereocenters. The van der Waals surface area contributed by atoms with Crippen molar-refractivity contribution in [2.45, 2.75) is 75.4 Å². The van der Waals surface area contributed by atoms with E-state index in [1.165, 1.54) is 0 Å². The van der Waals surface area contributed by atoms with Crippen LogP contribution in [0, 0.1) is 25.7 Å². The molecule has 1 spiro atoms. The van der Waals surface area contributed by atoms with Gasteiger partial charge in [0, 0.05) is 23.7 Å². The molecule has 1 aromatic rings. The number of carbonyl (C=O) groups excluding carboxylic acids is 3. The van der Waals surface area contributed by atoms with Crippen LogP contribution in [0.25, 0.3) is 0 Å². The number of hydrogen-bond donors (Lipinski definition) is 2. The van der Waals surface area contributed by atoms with Crippen LogP contribution in [0.1, 0.15) is 50.2 Å². The number of amides is 2. The molecule has 3 heterocycles. The normalized spacial score (nSPS) is 31.1. The summed E-state index contributed by atoms with van der Waals surface area (Å²) in [7, 11) is 0. The SMILES string of the molecule is CCOC(=O)[C@H]1[C@@H]2O[C@@]3(CC2Br)[C@@H]1C(=O)N(CCCCCCO)[C@@H]3C(=O)Nc1c(C)cccc1C. The number of carbonyl (C=O) groups is 3. The Balaban J connectivity index is 1.67. The van der Waals surface area contributed by atoms with Crippen LogP contribution in [-0.4, -0.2) is 70.1 Å². The van der Waals surface area contributed by atoms with Crippen molar-refractivity contribution in [3.63, 3.8) is 0 Å². The van der Waals surface area contributed by atoms with Gasteiger partial charge in [-0.3, -0.25) is 14.4 Å². The summed E-state index contributed by atoms with van der Waals surface area (Å²) in [6.45, 7) is 6.36. The van der Waals surface area contributed by atoms with E-state index in [1.807, 2.05) is 32.0 Å². The second-order valence-electron chi connectivity index (χ2n) is 9.84. The lowest BCUT2D eigenvalue weighted by Gasteiger charge is -2.34. The average molecular weight is 551 g/mol. The fourth-order valence-electron chi connectivity index (χ4n) is 6.13. The molecule has 3 aliphatic heterocycles. The summed E-state index contributed by atoms with van der Waals surface area (Å²) in [5, 5.41) is 12.1. The predicted molar refractivity (Wildman–Crippen MR) is 134 cm³/mol. The minimum Gasteiger partial charge on any atom is -0.466 e. The zero-order valence-electron chi connectivity index (χ0n) is 20.6. The lowest BCUT2D eigenvalue weighted by molar-refractivity contribution is -0.154. The minimum absolute atomic E-state index is 0.137. The van der Waals surface area contributed by atoms with Gasteiger partial charge in [-0.2, -0.15) is 0 Å². The molecule has 3 saturated heterocycles. The summed E-state index contributed by atoms with van der Waals surface area (Å²) < 4.78 is 11.8. The Hall–Kier alpha value is -1.97. The van der Waals surface area contributed by atoms with Gasteiger partial charge in [-0.05, 0) is 51.2 Å². The van der Waals surface area contributed by atoms with Crippen LogP contribution in [0.5, 0.6) is 0 Å². The molecule has 2 amide bonds. The number of hydrogen-bond acceptors (Lipinski definition) is 6. The molecule has 2 bridgehead atoms. The van der Waals surface area contributed by atoms with Gasteiger partial charge in [0.2, 0.25) is 11.8 Å². The molecule has 1 aromatic carbocycles. The fourth-order valence-corrected chi connectivity index (χ4v) is 7.07. The second-order valence-corrected chi connectivity index (χ2v) is 11.0. The maximum Gasteiger partial charge on any atom is 0.312 e. The van der Waals surface area contributed by atoms with Crippen LogP contribution in [0.3, 0.4) is 0 Å². The molecule has 35 heavy (non-hydrogen) atoms. The number of nitrogens with zero attached hydrogens (tertiary/aromatic N) is 1. The standard InChI is InChI=1S/C26H35BrN2O6/c1-4-34-25(33)18-19-24(32)29(12-7-5-6-8-13-30)22(26(19)14-17(27)21(18)35-26)23(31)28-20-15(2)10-9-11-16(20)3/h9-11,17-19,21-22,30H,4-8,12-14H2,1-3H3,(H,28,31)/t17?,18-,19+,21-,22-,26+/m1/s1. The molecule has 0 aromatic heterocycles. The highest BCUT2D eigenvalue weighted by atomic mass is 79.9. The van der Waals surface area contributed by atoms with Crippen LogP contribution in [0.2, 0.25) is 0 Å². The lowest BCUT2D eigenvalue weighted by atomic mass is 9.70. The zero-order valence-corrected chi connectivity index (χ0v) is 22.2. The number of halogens is 1. The maximum absolute atomic E-state index is 13.9. The second kappa shape index (κ2) is 10.6. The number of nitrogens with one attached hydrogen (secondary N) is 1. The number of ether oxygens (including phenoxy) is 2. The predicted octanol–water partition coefficient (Wildman–Crippen LogP) is 3.11. The van der Waals surface area contributed by atoms with Gasteiger partial charge in [0.05, 0.1) is 24.5 Å². The number of aryl methyl sites for hydroxylation is 2. The molecule has 3 fully saturated rings. The van der Waals surface area contributed by atoms with E-state index in [0.717, 1.165) is 29.7 Å². The Morgan fingerprint density at radius 3 is 2.57 bits per heavy atom. The molecule has 0 aliphatic carbocycles. The summed E-state index contributed by atoms with van der Waals surface area (Å²) in [6, 6.07) is 4.96. The first-order valence-corrected chi connectivity index (χ1v) is 13.4. The quantitative estimate of drug-likeness (QED) is 0.263. The number of aliphatic hydroxyl groups excluding tert-OH is 1. The van der Waals surface area contributed by atoms with Gasteiger partial charge in [0.1, 0.15) is 11.6 Å². The van der Waals surface area contributed by atoms with E-state index in [4.69, 9.17) is 14.6 Å². The third kappa shape index (κ3) is 4.51. The number of esters is 1. The van der Waals surface area contributed by atoms with Crippen molar-refractivity contribution in [2.24, 2.45) is 11.8 Å². The molecule has 192 valence electrons. The molecular weight excluding hydrogens is 516 g/mol. The first-order chi connectivity index (χ1) is 16.8. The van der Waals surface area contributed by atoms with Gasteiger partial charge in [-0.1, -0.05) is 47.0 Å². The van der Waals surface area contributed by atoms with Crippen molar-refractivity contribution in [1.82, 2.24) is 4.90 Å². The highest BCUT2D eigenvalue weighted by molar-refractivity contribution is 9.09. The average Bonchev–Trinajstić information content (AvgIpc) is 3.40. The van der Waals surface area contributed by atoms with Crippen molar-refractivity contribution in [2.75, 3.05) is 25.1 Å². The summed E-state index contributed by atoms with van der Waals surface area (Å²) in [4.78, 5) is 42.1. The zero-order chi connectivity index (χ0) is 25.3. The molecule has 8 nitrogen and oxygen atoms in total. The number of para-hydroxylation sites is 1. The van der Waals surface area contributed by atoms with E-state index in [1.54, 1.807) is 11.8 Å². The monoisotopic (exact) mass is 550 g/mol. The Morgan fingerprint density at radius 2 is 1.91 bits per heavy atom. The van der Waals surface area contributed by atoms with E-state index in [0.29, 0.717) is 25.8 Å². The molecule has 9 heteroatoms. The van der Waals surface area contributed by atoms with Gasteiger partial charge < -0.3 is 24.8 Å². The van der Waals surface area contributed by atoms with Gasteiger partial charge in [0.25, 0.3) is 0 Å². The van der Waals surface area contributed by atoms with Crippen molar-refractivity contribution >= 4 is 39.4 Å². The van der Waals surface area contributed by atoms with Crippen molar-refractivity contribution in [3.8, 4) is 0 Å². The Morgan fingerprint density at radius 1 is 1.23 bits per heavy atom. The fraction of sp³-hybridized carbons (Fsp3) is 0.654. The first kappa shape index (κ1) is 26.1. The number of aliphatic hydroxyl groups is 1. The maximum atomic E-state index is 13.9. The Kier molecular flexibility index (Phi) is 7.88. The molecule has 4 rings (SSSR count). The Bertz CT molecular complexity index is 966. The number of fused-ring (bicyclic) bond motifs is 1. The number of unbranched alkanes of at least 4 members (excludes halogenated alkanes) is 3. The Labute approximate surface area is 214 Å². The number of likely N-dealkylation sites (tertiary alicyclic amines) is 1. The molecular formula is C26H35BrN2O6. The first-order valence-electron chi connectivity index (χ1n) is 12.5. The summed E-state index contributed by atoms with van der Waals surface area (Å²) in [5.74, 6) is -2.44. The summed E-state index contributed by atoms with van der Waals surface area (Å²) in [5.41, 5.74) is 1.52. The highest BCUT2D eigenvalue weighted by Gasteiger charge is 2.76. The minimum atomic E-state index is -1.08. The van der Waals surface area contributed by atoms with Crippen LogP contribution in [0.15, 0.2) is 18.2 Å². The largest absolute Gasteiger partial charge is 0.466 e. The third-order valence-electron chi connectivity index (χ3n) is 7.63. The topological polar surface area (TPSA) is 105 Å². The lowest BCUT2D eigenvalue weighted by Crippen LogP contribution is -2.54. The molecule has 1 unspecified atom stereocenters. The van der Waals surface area contributed by atoms with Crippen molar-refractivity contribution < 1.29 is 29.0 Å². The van der Waals surface area contributed by atoms with Crippen molar-refractivity contribution in [1.29, 1.82) is 0 Å². The van der Waals surface area contributed by atoms with Crippen LogP contribution >= 0.6 is 15.9 Å². The van der Waals surface area contributed by atoms with Gasteiger partial charge in [-0.25, -0.2) is 0 Å². The van der Waals surface area contributed by atoms with Crippen LogP contribution in [0.4, 0.5) is 5.69 Å². The molecule has 2 N–H and O–H groups in total. The van der Waals surface area contributed by atoms with Crippen LogP contribution in [-0.2, 0) is 23.9 Å². The van der Waals surface area contributed by atoms with E-state index in [-0.39, 0.29) is 29.9 Å².